The molecular weight excluding hydrogens is 408 g/mol. The molecule has 2 aromatic rings. The van der Waals surface area contributed by atoms with E-state index in [0.717, 1.165) is 27.6 Å². The summed E-state index contributed by atoms with van der Waals surface area (Å²) >= 11 is 3.49. The number of hydrazone groups is 1. The number of amides is 1. The van der Waals surface area contributed by atoms with Crippen LogP contribution in [0.1, 0.15) is 35.6 Å². The molecule has 6 heteroatoms. The molecule has 0 aromatic heterocycles. The van der Waals surface area contributed by atoms with Gasteiger partial charge in [-0.05, 0) is 65.0 Å². The number of ether oxygens (including phenoxy) is 2. The highest BCUT2D eigenvalue weighted by Crippen LogP contribution is 2.36. The third-order valence-electron chi connectivity index (χ3n) is 3.95. The van der Waals surface area contributed by atoms with Crippen molar-refractivity contribution in [2.24, 2.45) is 5.10 Å². The Morgan fingerprint density at radius 3 is 2.70 bits per heavy atom. The summed E-state index contributed by atoms with van der Waals surface area (Å²) in [5.41, 5.74) is 6.64. The molecule has 5 nitrogen and oxygen atoms in total. The molecule has 0 bridgehead atoms. The maximum atomic E-state index is 12.1. The molecule has 1 amide bonds. The minimum atomic E-state index is -0.160. The topological polar surface area (TPSA) is 59.9 Å². The second-order valence-electron chi connectivity index (χ2n) is 6.28. The SMILES string of the molecule is CCCOc1c(Br)cc(/C=N/NC(=O)Cc2ccc(C)cc2C)cc1OC. The summed E-state index contributed by atoms with van der Waals surface area (Å²) in [5, 5.41) is 4.05. The molecule has 0 aliphatic carbocycles. The van der Waals surface area contributed by atoms with E-state index in [-0.39, 0.29) is 5.91 Å². The van der Waals surface area contributed by atoms with E-state index >= 15 is 0 Å². The van der Waals surface area contributed by atoms with Gasteiger partial charge < -0.3 is 9.47 Å². The summed E-state index contributed by atoms with van der Waals surface area (Å²) in [5.74, 6) is 1.11. The number of hydrogen-bond acceptors (Lipinski definition) is 4. The number of carbonyl (C=O) groups is 1. The number of aryl methyl sites for hydroxylation is 2. The maximum absolute atomic E-state index is 12.1. The molecule has 144 valence electrons. The number of halogens is 1. The monoisotopic (exact) mass is 432 g/mol. The van der Waals surface area contributed by atoms with Gasteiger partial charge in [0.1, 0.15) is 0 Å². The first kappa shape index (κ1) is 21.0. The third kappa shape index (κ3) is 6.10. The van der Waals surface area contributed by atoms with Crippen molar-refractivity contribution in [3.63, 3.8) is 0 Å². The van der Waals surface area contributed by atoms with Crippen molar-refractivity contribution in [1.82, 2.24) is 5.43 Å². The molecule has 0 heterocycles. The van der Waals surface area contributed by atoms with Gasteiger partial charge in [0.05, 0.1) is 30.8 Å². The molecule has 0 aliphatic heterocycles. The molecule has 0 atom stereocenters. The van der Waals surface area contributed by atoms with E-state index in [1.54, 1.807) is 13.3 Å². The van der Waals surface area contributed by atoms with Gasteiger partial charge in [0.25, 0.3) is 0 Å². The molecule has 0 unspecified atom stereocenters. The lowest BCUT2D eigenvalue weighted by Crippen LogP contribution is -2.20. The Hall–Kier alpha value is -2.34. The van der Waals surface area contributed by atoms with Crippen LogP contribution < -0.4 is 14.9 Å². The number of nitrogens with one attached hydrogen (secondary N) is 1. The van der Waals surface area contributed by atoms with E-state index in [1.807, 2.05) is 45.0 Å². The third-order valence-corrected chi connectivity index (χ3v) is 4.54. The van der Waals surface area contributed by atoms with E-state index in [9.17, 15) is 4.79 Å². The quantitative estimate of drug-likeness (QED) is 0.491. The minimum absolute atomic E-state index is 0.160. The fraction of sp³-hybridized carbons (Fsp3) is 0.333. The van der Waals surface area contributed by atoms with Crippen molar-refractivity contribution in [1.29, 1.82) is 0 Å². The molecule has 27 heavy (non-hydrogen) atoms. The zero-order valence-corrected chi connectivity index (χ0v) is 17.7. The zero-order chi connectivity index (χ0) is 19.8. The summed E-state index contributed by atoms with van der Waals surface area (Å²) in [7, 11) is 1.59. The van der Waals surface area contributed by atoms with Gasteiger partial charge in [-0.3, -0.25) is 4.79 Å². The highest BCUT2D eigenvalue weighted by molar-refractivity contribution is 9.10. The van der Waals surface area contributed by atoms with Gasteiger partial charge >= 0.3 is 0 Å². The summed E-state index contributed by atoms with van der Waals surface area (Å²) in [6.45, 7) is 6.69. The Balaban J connectivity index is 2.02. The first-order valence-electron chi connectivity index (χ1n) is 8.83. The van der Waals surface area contributed by atoms with Gasteiger partial charge in [-0.2, -0.15) is 5.10 Å². The minimum Gasteiger partial charge on any atom is -0.493 e. The molecule has 0 fully saturated rings. The Morgan fingerprint density at radius 2 is 2.04 bits per heavy atom. The van der Waals surface area contributed by atoms with Crippen molar-refractivity contribution in [3.8, 4) is 11.5 Å². The lowest BCUT2D eigenvalue weighted by Gasteiger charge is -2.12. The summed E-state index contributed by atoms with van der Waals surface area (Å²) in [4.78, 5) is 12.1. The van der Waals surface area contributed by atoms with Crippen LogP contribution in [0.5, 0.6) is 11.5 Å². The second kappa shape index (κ2) is 10.1. The molecule has 0 radical (unpaired) electrons. The second-order valence-corrected chi connectivity index (χ2v) is 7.14. The van der Waals surface area contributed by atoms with Gasteiger partial charge in [0.15, 0.2) is 11.5 Å². The van der Waals surface area contributed by atoms with Gasteiger partial charge in [0.2, 0.25) is 5.91 Å². The molecule has 0 aliphatic rings. The fourth-order valence-corrected chi connectivity index (χ4v) is 3.17. The first-order valence-corrected chi connectivity index (χ1v) is 9.62. The van der Waals surface area contributed by atoms with Crippen LogP contribution in [0.15, 0.2) is 39.9 Å². The van der Waals surface area contributed by atoms with Gasteiger partial charge in [-0.15, -0.1) is 0 Å². The van der Waals surface area contributed by atoms with Crippen molar-refractivity contribution in [3.05, 3.63) is 57.1 Å². The van der Waals surface area contributed by atoms with Crippen molar-refractivity contribution in [2.45, 2.75) is 33.6 Å². The Bertz CT molecular complexity index is 834. The van der Waals surface area contributed by atoms with E-state index in [2.05, 4.69) is 32.5 Å². The zero-order valence-electron chi connectivity index (χ0n) is 16.1. The molecule has 0 saturated carbocycles. The number of hydrogen-bond donors (Lipinski definition) is 1. The van der Waals surface area contributed by atoms with E-state index < -0.39 is 0 Å². The molecule has 0 spiro atoms. The van der Waals surface area contributed by atoms with Crippen molar-refractivity contribution < 1.29 is 14.3 Å². The largest absolute Gasteiger partial charge is 0.493 e. The molecule has 2 aromatic carbocycles. The van der Waals surface area contributed by atoms with Gasteiger partial charge in [-0.1, -0.05) is 30.7 Å². The Morgan fingerprint density at radius 1 is 1.26 bits per heavy atom. The first-order chi connectivity index (χ1) is 12.9. The number of benzene rings is 2. The molecule has 0 saturated heterocycles. The summed E-state index contributed by atoms with van der Waals surface area (Å²) in [6.07, 6.45) is 2.78. The van der Waals surface area contributed by atoms with Gasteiger partial charge in [0, 0.05) is 0 Å². The highest BCUT2D eigenvalue weighted by atomic mass is 79.9. The average Bonchev–Trinajstić information content (AvgIpc) is 2.63. The number of methoxy groups -OCH3 is 1. The molecule has 1 N–H and O–H groups in total. The number of carbonyl (C=O) groups excluding carboxylic acids is 1. The van der Waals surface area contributed by atoms with Crippen LogP contribution in [0.25, 0.3) is 0 Å². The summed E-state index contributed by atoms with van der Waals surface area (Å²) < 4.78 is 11.9. The van der Waals surface area contributed by atoms with Crippen LogP contribution in [-0.4, -0.2) is 25.8 Å². The number of nitrogens with zero attached hydrogens (tertiary/aromatic N) is 1. The predicted molar refractivity (Wildman–Crippen MR) is 112 cm³/mol. The van der Waals surface area contributed by atoms with Crippen molar-refractivity contribution >= 4 is 28.1 Å². The van der Waals surface area contributed by atoms with Crippen LogP contribution in [0.3, 0.4) is 0 Å². The normalized spacial score (nSPS) is 10.9. The van der Waals surface area contributed by atoms with Crippen LogP contribution in [-0.2, 0) is 11.2 Å². The maximum Gasteiger partial charge on any atom is 0.244 e. The number of rotatable bonds is 8. The Labute approximate surface area is 168 Å². The highest BCUT2D eigenvalue weighted by Gasteiger charge is 2.11. The van der Waals surface area contributed by atoms with E-state index in [0.29, 0.717) is 24.5 Å². The lowest BCUT2D eigenvalue weighted by molar-refractivity contribution is -0.120. The van der Waals surface area contributed by atoms with Crippen LogP contribution in [0, 0.1) is 13.8 Å². The van der Waals surface area contributed by atoms with E-state index in [1.165, 1.54) is 5.56 Å². The smallest absolute Gasteiger partial charge is 0.244 e. The van der Waals surface area contributed by atoms with Crippen LogP contribution in [0.4, 0.5) is 0 Å². The van der Waals surface area contributed by atoms with Crippen LogP contribution >= 0.6 is 15.9 Å². The van der Waals surface area contributed by atoms with Gasteiger partial charge in [-0.25, -0.2) is 5.43 Å². The Kier molecular flexibility index (Phi) is 7.85. The fourth-order valence-electron chi connectivity index (χ4n) is 2.59. The van der Waals surface area contributed by atoms with Crippen molar-refractivity contribution in [2.75, 3.05) is 13.7 Å². The predicted octanol–water partition coefficient (Wildman–Crippen LogP) is 4.56. The molecular formula is C21H25BrN2O3. The average molecular weight is 433 g/mol. The summed E-state index contributed by atoms with van der Waals surface area (Å²) in [6, 6.07) is 9.73. The van der Waals surface area contributed by atoms with Crippen LogP contribution in [0.2, 0.25) is 0 Å². The van der Waals surface area contributed by atoms with E-state index in [4.69, 9.17) is 9.47 Å². The molecule has 2 rings (SSSR count). The standard InChI is InChI=1S/C21H25BrN2O3/c1-5-8-27-21-18(22)10-16(11-19(21)26-4)13-23-24-20(25)12-17-7-6-14(2)9-15(17)3/h6-7,9-11,13H,5,8,12H2,1-4H3,(H,24,25)/b23-13+. The lowest BCUT2D eigenvalue weighted by atomic mass is 10.0.